The van der Waals surface area contributed by atoms with Crippen molar-refractivity contribution >= 4 is 17.6 Å². The van der Waals surface area contributed by atoms with E-state index >= 15 is 0 Å². The van der Waals surface area contributed by atoms with Crippen molar-refractivity contribution in [2.24, 2.45) is 7.05 Å². The quantitative estimate of drug-likeness (QED) is 0.714. The molecule has 0 saturated carbocycles. The Morgan fingerprint density at radius 1 is 1.10 bits per heavy atom. The summed E-state index contributed by atoms with van der Waals surface area (Å²) in [6.07, 6.45) is 0.722. The van der Waals surface area contributed by atoms with Crippen LogP contribution in [0.15, 0.2) is 24.3 Å². The third kappa shape index (κ3) is 5.75. The molecule has 0 saturated heterocycles. The van der Waals surface area contributed by atoms with Crippen LogP contribution in [0.4, 0.5) is 5.82 Å². The second-order valence-electron chi connectivity index (χ2n) is 8.16. The zero-order valence-electron chi connectivity index (χ0n) is 18.9. The van der Waals surface area contributed by atoms with Crippen LogP contribution in [0, 0.1) is 0 Å². The van der Waals surface area contributed by atoms with Crippen LogP contribution < -0.4 is 14.8 Å². The fraction of sp³-hybridized carbons (Fsp3) is 0.500. The average molecular weight is 417 g/mol. The average Bonchev–Trinajstić information content (AvgIpc) is 3.07. The number of benzene rings is 1. The van der Waals surface area contributed by atoms with Crippen molar-refractivity contribution in [1.82, 2.24) is 14.7 Å². The molecule has 1 aromatic heterocycles. The van der Waals surface area contributed by atoms with Crippen molar-refractivity contribution in [2.45, 2.75) is 39.5 Å². The highest BCUT2D eigenvalue weighted by Crippen LogP contribution is 2.25. The highest BCUT2D eigenvalue weighted by Gasteiger charge is 2.22. The fourth-order valence-corrected chi connectivity index (χ4v) is 2.94. The van der Waals surface area contributed by atoms with Gasteiger partial charge in [0, 0.05) is 36.7 Å². The number of hydrogen-bond donors (Lipinski definition) is 1. The van der Waals surface area contributed by atoms with E-state index in [0.29, 0.717) is 29.4 Å². The predicted octanol–water partition coefficient (Wildman–Crippen LogP) is 3.23. The SMILES string of the molecule is CCCN(CC(=O)Nc1cc(C(C)(C)C)nn1C)C(=O)c1cc(OC)cc(OC)c1. The van der Waals surface area contributed by atoms with Crippen LogP contribution in [0.1, 0.15) is 50.2 Å². The Morgan fingerprint density at radius 3 is 2.17 bits per heavy atom. The number of hydrogen-bond acceptors (Lipinski definition) is 5. The molecular formula is C22H32N4O4. The summed E-state index contributed by atoms with van der Waals surface area (Å²) in [6, 6.07) is 6.84. The van der Waals surface area contributed by atoms with Gasteiger partial charge in [0.15, 0.2) is 0 Å². The Morgan fingerprint density at radius 2 is 1.70 bits per heavy atom. The van der Waals surface area contributed by atoms with Gasteiger partial charge in [0.25, 0.3) is 5.91 Å². The lowest BCUT2D eigenvalue weighted by Crippen LogP contribution is -2.38. The predicted molar refractivity (Wildman–Crippen MR) is 116 cm³/mol. The molecule has 0 aliphatic carbocycles. The molecule has 1 heterocycles. The molecular weight excluding hydrogens is 384 g/mol. The Bertz CT molecular complexity index is 877. The van der Waals surface area contributed by atoms with Gasteiger partial charge < -0.3 is 19.7 Å². The minimum absolute atomic E-state index is 0.0672. The molecule has 0 aliphatic heterocycles. The molecule has 0 spiro atoms. The van der Waals surface area contributed by atoms with Gasteiger partial charge in [0.2, 0.25) is 5.91 Å². The van der Waals surface area contributed by atoms with Gasteiger partial charge in [-0.25, -0.2) is 0 Å². The summed E-state index contributed by atoms with van der Waals surface area (Å²) in [4.78, 5) is 27.3. The maximum absolute atomic E-state index is 13.1. The summed E-state index contributed by atoms with van der Waals surface area (Å²) in [6.45, 7) is 8.52. The van der Waals surface area contributed by atoms with E-state index < -0.39 is 0 Å². The number of aromatic nitrogens is 2. The Balaban J connectivity index is 2.18. The normalized spacial score (nSPS) is 11.2. The second-order valence-corrected chi connectivity index (χ2v) is 8.16. The van der Waals surface area contributed by atoms with E-state index in [1.54, 1.807) is 29.9 Å². The van der Waals surface area contributed by atoms with Gasteiger partial charge in [-0.15, -0.1) is 0 Å². The molecule has 0 atom stereocenters. The minimum atomic E-state index is -0.282. The largest absolute Gasteiger partial charge is 0.497 e. The van der Waals surface area contributed by atoms with Gasteiger partial charge in [0.05, 0.1) is 19.9 Å². The van der Waals surface area contributed by atoms with Gasteiger partial charge in [-0.1, -0.05) is 27.7 Å². The molecule has 1 aromatic carbocycles. The van der Waals surface area contributed by atoms with Crippen molar-refractivity contribution in [3.05, 3.63) is 35.5 Å². The van der Waals surface area contributed by atoms with Gasteiger partial charge >= 0.3 is 0 Å². The summed E-state index contributed by atoms with van der Waals surface area (Å²) in [5, 5.41) is 7.33. The molecule has 0 aliphatic rings. The number of carbonyl (C=O) groups excluding carboxylic acids is 2. The van der Waals surface area contributed by atoms with Crippen LogP contribution in [-0.4, -0.2) is 53.8 Å². The van der Waals surface area contributed by atoms with E-state index in [9.17, 15) is 9.59 Å². The number of methoxy groups -OCH3 is 2. The fourth-order valence-electron chi connectivity index (χ4n) is 2.94. The smallest absolute Gasteiger partial charge is 0.254 e. The van der Waals surface area contributed by atoms with Crippen LogP contribution in [0.3, 0.4) is 0 Å². The molecule has 8 heteroatoms. The van der Waals surface area contributed by atoms with Crippen molar-refractivity contribution in [1.29, 1.82) is 0 Å². The summed E-state index contributed by atoms with van der Waals surface area (Å²) in [5.41, 5.74) is 1.16. The number of nitrogens with zero attached hydrogens (tertiary/aromatic N) is 3. The maximum Gasteiger partial charge on any atom is 0.254 e. The molecule has 2 aromatic rings. The second kappa shape index (κ2) is 9.65. The third-order valence-electron chi connectivity index (χ3n) is 4.63. The summed E-state index contributed by atoms with van der Waals surface area (Å²) < 4.78 is 12.1. The lowest BCUT2D eigenvalue weighted by molar-refractivity contribution is -0.116. The van der Waals surface area contributed by atoms with Crippen LogP contribution in [0.25, 0.3) is 0 Å². The first-order valence-electron chi connectivity index (χ1n) is 9.95. The van der Waals surface area contributed by atoms with Crippen LogP contribution in [-0.2, 0) is 17.3 Å². The number of amides is 2. The van der Waals surface area contributed by atoms with Crippen molar-refractivity contribution in [3.63, 3.8) is 0 Å². The Kier molecular flexibility index (Phi) is 7.48. The summed E-state index contributed by atoms with van der Waals surface area (Å²) in [7, 11) is 4.84. The van der Waals surface area contributed by atoms with Crippen molar-refractivity contribution < 1.29 is 19.1 Å². The standard InChI is InChI=1S/C22H32N4O4/c1-8-9-26(21(28)15-10-16(29-6)12-17(11-15)30-7)14-20(27)23-19-13-18(22(2,3)4)24-25(19)5/h10-13H,8-9,14H2,1-7H3,(H,23,27). The Labute approximate surface area is 178 Å². The highest BCUT2D eigenvalue weighted by molar-refractivity contribution is 5.99. The number of nitrogens with one attached hydrogen (secondary N) is 1. The van der Waals surface area contributed by atoms with Gasteiger partial charge in [-0.2, -0.15) is 5.10 Å². The van der Waals surface area contributed by atoms with E-state index in [-0.39, 0.29) is 23.8 Å². The molecule has 1 N–H and O–H groups in total. The zero-order valence-corrected chi connectivity index (χ0v) is 18.9. The molecule has 0 bridgehead atoms. The van der Waals surface area contributed by atoms with Crippen LogP contribution >= 0.6 is 0 Å². The van der Waals surface area contributed by atoms with Gasteiger partial charge in [-0.3, -0.25) is 14.3 Å². The summed E-state index contributed by atoms with van der Waals surface area (Å²) in [5.74, 6) is 1.09. The van der Waals surface area contributed by atoms with Crippen molar-refractivity contribution in [2.75, 3.05) is 32.6 Å². The monoisotopic (exact) mass is 416 g/mol. The third-order valence-corrected chi connectivity index (χ3v) is 4.63. The molecule has 2 amide bonds. The van der Waals surface area contributed by atoms with Gasteiger partial charge in [-0.05, 0) is 18.6 Å². The number of carbonyl (C=O) groups is 2. The number of anilines is 1. The molecule has 2 rings (SSSR count). The highest BCUT2D eigenvalue weighted by atomic mass is 16.5. The van der Waals surface area contributed by atoms with E-state index in [0.717, 1.165) is 12.1 Å². The molecule has 0 fully saturated rings. The molecule has 164 valence electrons. The lowest BCUT2D eigenvalue weighted by atomic mass is 9.92. The maximum atomic E-state index is 13.1. The number of aryl methyl sites for hydroxylation is 1. The van der Waals surface area contributed by atoms with E-state index in [2.05, 4.69) is 31.2 Å². The number of rotatable bonds is 8. The van der Waals surface area contributed by atoms with E-state index in [1.807, 2.05) is 13.0 Å². The van der Waals surface area contributed by atoms with E-state index in [1.165, 1.54) is 19.1 Å². The first kappa shape index (κ1) is 23.3. The Hall–Kier alpha value is -3.03. The van der Waals surface area contributed by atoms with E-state index in [4.69, 9.17) is 9.47 Å². The summed E-state index contributed by atoms with van der Waals surface area (Å²) >= 11 is 0. The lowest BCUT2D eigenvalue weighted by Gasteiger charge is -2.22. The van der Waals surface area contributed by atoms with Crippen LogP contribution in [0.2, 0.25) is 0 Å². The van der Waals surface area contributed by atoms with Crippen molar-refractivity contribution in [3.8, 4) is 11.5 Å². The minimum Gasteiger partial charge on any atom is -0.497 e. The molecule has 30 heavy (non-hydrogen) atoms. The van der Waals surface area contributed by atoms with Gasteiger partial charge in [0.1, 0.15) is 23.9 Å². The first-order chi connectivity index (χ1) is 14.1. The number of ether oxygens (including phenoxy) is 2. The topological polar surface area (TPSA) is 85.7 Å². The zero-order chi connectivity index (χ0) is 22.5. The molecule has 0 radical (unpaired) electrons. The molecule has 0 unspecified atom stereocenters. The molecule has 8 nitrogen and oxygen atoms in total. The first-order valence-corrected chi connectivity index (χ1v) is 9.95. The van der Waals surface area contributed by atoms with Crippen LogP contribution in [0.5, 0.6) is 11.5 Å².